The molecule has 23 heavy (non-hydrogen) atoms. The summed E-state index contributed by atoms with van der Waals surface area (Å²) < 4.78 is 33.1. The molecule has 0 unspecified atom stereocenters. The van der Waals surface area contributed by atoms with Gasteiger partial charge < -0.3 is 4.74 Å². The zero-order chi connectivity index (χ0) is 16.7. The van der Waals surface area contributed by atoms with E-state index >= 15 is 0 Å². The number of allylic oxidation sites excluding steroid dienone is 1. The van der Waals surface area contributed by atoms with Gasteiger partial charge in [-0.2, -0.15) is 0 Å². The van der Waals surface area contributed by atoms with Gasteiger partial charge in [-0.3, -0.25) is 0 Å². The van der Waals surface area contributed by atoms with Gasteiger partial charge in [-0.15, -0.1) is 0 Å². The smallest absolute Gasteiger partial charge is 0.161 e. The maximum atomic E-state index is 13.9. The van der Waals surface area contributed by atoms with Gasteiger partial charge in [0.2, 0.25) is 0 Å². The highest BCUT2D eigenvalue weighted by Gasteiger charge is 2.08. The minimum Gasteiger partial charge on any atom is -0.457 e. The van der Waals surface area contributed by atoms with Crippen molar-refractivity contribution in [2.75, 3.05) is 0 Å². The summed E-state index contributed by atoms with van der Waals surface area (Å²) in [5.41, 5.74) is 1.51. The summed E-state index contributed by atoms with van der Waals surface area (Å²) in [4.78, 5) is 0. The van der Waals surface area contributed by atoms with Crippen molar-refractivity contribution in [1.82, 2.24) is 0 Å². The van der Waals surface area contributed by atoms with Gasteiger partial charge in [0, 0.05) is 12.0 Å². The topological polar surface area (TPSA) is 9.23 Å². The van der Waals surface area contributed by atoms with Crippen LogP contribution in [0, 0.1) is 0 Å². The molecule has 1 nitrogen and oxygen atoms in total. The first-order valence-electron chi connectivity index (χ1n) is 8.05. The van der Waals surface area contributed by atoms with Gasteiger partial charge in [0.15, 0.2) is 5.83 Å². The second-order valence-electron chi connectivity index (χ2n) is 5.49. The van der Waals surface area contributed by atoms with Crippen LogP contribution >= 0.6 is 0 Å². The predicted molar refractivity (Wildman–Crippen MR) is 91.0 cm³/mol. The summed E-state index contributed by atoms with van der Waals surface area (Å²) in [6.07, 6.45) is 2.85. The highest BCUT2D eigenvalue weighted by Crippen LogP contribution is 2.28. The van der Waals surface area contributed by atoms with Crippen LogP contribution in [0.2, 0.25) is 0 Å². The summed E-state index contributed by atoms with van der Waals surface area (Å²) in [6, 6.07) is 14.3. The van der Waals surface area contributed by atoms with Gasteiger partial charge in [0.05, 0.1) is 0 Å². The summed E-state index contributed by atoms with van der Waals surface area (Å²) >= 11 is 0. The number of benzene rings is 2. The molecule has 0 heterocycles. The van der Waals surface area contributed by atoms with Gasteiger partial charge in [-0.1, -0.05) is 32.4 Å². The maximum Gasteiger partial charge on any atom is 0.161 e. The Morgan fingerprint density at radius 2 is 1.39 bits per heavy atom. The largest absolute Gasteiger partial charge is 0.457 e. The molecule has 0 saturated carbocycles. The second kappa shape index (κ2) is 8.47. The Hall–Kier alpha value is -2.16. The van der Waals surface area contributed by atoms with E-state index in [1.807, 2.05) is 31.2 Å². The Kier molecular flexibility index (Phi) is 6.33. The number of hydrogen-bond acceptors (Lipinski definition) is 1. The van der Waals surface area contributed by atoms with Gasteiger partial charge in [0.1, 0.15) is 17.3 Å². The molecule has 2 aromatic rings. The van der Waals surface area contributed by atoms with Gasteiger partial charge in [0.25, 0.3) is 0 Å². The van der Waals surface area contributed by atoms with E-state index < -0.39 is 11.7 Å². The highest BCUT2D eigenvalue weighted by atomic mass is 19.2. The van der Waals surface area contributed by atoms with Crippen molar-refractivity contribution in [2.24, 2.45) is 0 Å². The maximum absolute atomic E-state index is 13.9. The van der Waals surface area contributed by atoms with E-state index in [1.54, 1.807) is 12.1 Å². The standard InChI is InChI=1S/C20H22F2O/c1-3-5-15-7-11-17(12-8-15)23-18-13-9-16(10-14-18)20(22)19(21)6-4-2/h7-14H,3-6H2,1-2H3/b20-19-. The Morgan fingerprint density at radius 1 is 0.826 bits per heavy atom. The molecule has 2 rings (SSSR count). The SMILES string of the molecule is CCC/C(F)=C(/F)c1ccc(Oc2ccc(CCC)cc2)cc1. The third-order valence-corrected chi connectivity index (χ3v) is 3.51. The van der Waals surface area contributed by atoms with Crippen LogP contribution in [-0.2, 0) is 6.42 Å². The molecule has 0 aliphatic heterocycles. The average molecular weight is 316 g/mol. The van der Waals surface area contributed by atoms with Gasteiger partial charge in [-0.25, -0.2) is 8.78 Å². The van der Waals surface area contributed by atoms with Crippen molar-refractivity contribution in [3.63, 3.8) is 0 Å². The lowest BCUT2D eigenvalue weighted by Gasteiger charge is -2.07. The normalized spacial score (nSPS) is 12.0. The number of ether oxygens (including phenoxy) is 1. The number of hydrogen-bond donors (Lipinski definition) is 0. The summed E-state index contributed by atoms with van der Waals surface area (Å²) in [5.74, 6) is -0.165. The van der Waals surface area contributed by atoms with Crippen molar-refractivity contribution in [1.29, 1.82) is 0 Å². The second-order valence-corrected chi connectivity index (χ2v) is 5.49. The fourth-order valence-corrected chi connectivity index (χ4v) is 2.30. The van der Waals surface area contributed by atoms with Crippen LogP contribution in [0.4, 0.5) is 8.78 Å². The van der Waals surface area contributed by atoms with E-state index in [0.717, 1.165) is 18.6 Å². The number of rotatable bonds is 7. The van der Waals surface area contributed by atoms with Crippen molar-refractivity contribution in [3.05, 3.63) is 65.5 Å². The van der Waals surface area contributed by atoms with E-state index in [-0.39, 0.29) is 12.0 Å². The third kappa shape index (κ3) is 4.92. The Morgan fingerprint density at radius 3 is 1.91 bits per heavy atom. The Labute approximate surface area is 136 Å². The Balaban J connectivity index is 2.06. The predicted octanol–water partition coefficient (Wildman–Crippen LogP) is 6.84. The van der Waals surface area contributed by atoms with Crippen LogP contribution in [0.25, 0.3) is 5.83 Å². The molecule has 0 amide bonds. The van der Waals surface area contributed by atoms with E-state index in [9.17, 15) is 8.78 Å². The first-order valence-corrected chi connectivity index (χ1v) is 8.05. The summed E-state index contributed by atoms with van der Waals surface area (Å²) in [6.45, 7) is 3.96. The van der Waals surface area contributed by atoms with Crippen LogP contribution in [0.15, 0.2) is 54.4 Å². The lowest BCUT2D eigenvalue weighted by Crippen LogP contribution is -1.88. The molecule has 2 aromatic carbocycles. The molecule has 0 aliphatic carbocycles. The minimum absolute atomic E-state index is 0.119. The van der Waals surface area contributed by atoms with E-state index in [2.05, 4.69) is 6.92 Å². The molecule has 0 fully saturated rings. The van der Waals surface area contributed by atoms with E-state index in [0.29, 0.717) is 12.2 Å². The lowest BCUT2D eigenvalue weighted by atomic mass is 10.1. The molecule has 0 spiro atoms. The minimum atomic E-state index is -0.790. The lowest BCUT2D eigenvalue weighted by molar-refractivity contribution is 0.482. The zero-order valence-electron chi connectivity index (χ0n) is 13.6. The fourth-order valence-electron chi connectivity index (χ4n) is 2.30. The molecular weight excluding hydrogens is 294 g/mol. The molecule has 122 valence electrons. The van der Waals surface area contributed by atoms with Crippen LogP contribution in [0.1, 0.15) is 44.2 Å². The molecule has 0 aromatic heterocycles. The van der Waals surface area contributed by atoms with E-state index in [1.165, 1.54) is 17.7 Å². The van der Waals surface area contributed by atoms with Crippen LogP contribution in [-0.4, -0.2) is 0 Å². The number of halogens is 2. The molecule has 0 radical (unpaired) electrons. The van der Waals surface area contributed by atoms with Crippen molar-refractivity contribution < 1.29 is 13.5 Å². The monoisotopic (exact) mass is 316 g/mol. The molecule has 0 saturated heterocycles. The summed E-state index contributed by atoms with van der Waals surface area (Å²) in [7, 11) is 0. The quantitative estimate of drug-likeness (QED) is 0.543. The van der Waals surface area contributed by atoms with Crippen LogP contribution < -0.4 is 4.74 Å². The molecular formula is C20H22F2O. The molecule has 0 aliphatic rings. The third-order valence-electron chi connectivity index (χ3n) is 3.51. The highest BCUT2D eigenvalue weighted by molar-refractivity contribution is 5.61. The van der Waals surface area contributed by atoms with E-state index in [4.69, 9.17) is 4.74 Å². The first kappa shape index (κ1) is 17.2. The van der Waals surface area contributed by atoms with Crippen LogP contribution in [0.3, 0.4) is 0 Å². The average Bonchev–Trinajstić information content (AvgIpc) is 2.57. The van der Waals surface area contributed by atoms with Crippen molar-refractivity contribution in [2.45, 2.75) is 39.5 Å². The van der Waals surface area contributed by atoms with Crippen molar-refractivity contribution in [3.8, 4) is 11.5 Å². The first-order chi connectivity index (χ1) is 11.1. The van der Waals surface area contributed by atoms with Gasteiger partial charge >= 0.3 is 0 Å². The zero-order valence-corrected chi connectivity index (χ0v) is 13.6. The molecule has 0 bridgehead atoms. The summed E-state index contributed by atoms with van der Waals surface area (Å²) in [5, 5.41) is 0. The Bertz CT molecular complexity index is 642. The fraction of sp³-hybridized carbons (Fsp3) is 0.300. The molecule has 0 atom stereocenters. The van der Waals surface area contributed by atoms with Crippen LogP contribution in [0.5, 0.6) is 11.5 Å². The van der Waals surface area contributed by atoms with Gasteiger partial charge in [-0.05, 0) is 54.8 Å². The number of aryl methyl sites for hydroxylation is 1. The molecule has 3 heteroatoms. The van der Waals surface area contributed by atoms with Crippen molar-refractivity contribution >= 4 is 5.83 Å². The molecule has 0 N–H and O–H groups in total.